The van der Waals surface area contributed by atoms with Gasteiger partial charge in [0.15, 0.2) is 0 Å². The second-order valence-electron chi connectivity index (χ2n) is 5.03. The molecule has 3 heteroatoms. The lowest BCUT2D eigenvalue weighted by atomic mass is 10.1. The molecule has 0 aromatic carbocycles. The van der Waals surface area contributed by atoms with E-state index in [4.69, 9.17) is 0 Å². The molecule has 2 nitrogen and oxygen atoms in total. The Morgan fingerprint density at radius 3 is 2.10 bits per heavy atom. The molecule has 0 bridgehead atoms. The van der Waals surface area contributed by atoms with E-state index in [1.807, 2.05) is 6.08 Å². The Morgan fingerprint density at radius 2 is 1.70 bits per heavy atom. The van der Waals surface area contributed by atoms with Crippen LogP contribution < -0.4 is 0 Å². The van der Waals surface area contributed by atoms with Crippen LogP contribution in [0.15, 0.2) is 48.7 Å². The van der Waals surface area contributed by atoms with Crippen molar-refractivity contribution in [2.45, 2.75) is 51.1 Å². The Hall–Kier alpha value is -1.35. The van der Waals surface area contributed by atoms with E-state index in [2.05, 4.69) is 26.7 Å². The molecule has 112 valence electrons. The van der Waals surface area contributed by atoms with Crippen molar-refractivity contribution in [3.05, 3.63) is 48.7 Å². The molecule has 1 unspecified atom stereocenters. The van der Waals surface area contributed by atoms with Crippen LogP contribution in [0.4, 0.5) is 0 Å². The van der Waals surface area contributed by atoms with Gasteiger partial charge in [0.05, 0.1) is 8.80 Å². The lowest BCUT2D eigenvalue weighted by Crippen LogP contribution is -2.24. The Balaban J connectivity index is 5.34. The molecule has 0 saturated heterocycles. The maximum absolute atomic E-state index is 11.7. The fourth-order valence-electron chi connectivity index (χ4n) is 2.49. The quantitative estimate of drug-likeness (QED) is 0.246. The Kier molecular flexibility index (Phi) is 10.7. The van der Waals surface area contributed by atoms with Crippen LogP contribution in [0.25, 0.3) is 0 Å². The maximum Gasteiger partial charge on any atom is 0.327 e. The van der Waals surface area contributed by atoms with Crippen LogP contribution in [0.3, 0.4) is 0 Å². The maximum atomic E-state index is 11.7. The second kappa shape index (κ2) is 11.5. The smallest absolute Gasteiger partial charge is 0.327 e. The van der Waals surface area contributed by atoms with Crippen molar-refractivity contribution in [2.24, 2.45) is 0 Å². The molecule has 0 saturated carbocycles. The molecule has 0 fully saturated rings. The fourth-order valence-corrected chi connectivity index (χ4v) is 5.59. The fraction of sp³-hybridized carbons (Fsp3) is 0.471. The molecule has 0 amide bonds. The molecular formula is C17H28O2Si. The normalized spacial score (nSPS) is 11.4. The molecule has 20 heavy (non-hydrogen) atoms. The molecule has 0 radical (unpaired) electrons. The third-order valence-corrected chi connectivity index (χ3v) is 6.89. The zero-order chi connectivity index (χ0) is 15.4. The Bertz CT molecular complexity index is 357. The van der Waals surface area contributed by atoms with E-state index < -0.39 is 14.8 Å². The number of carboxylic acid groups (broad SMARTS) is 1. The van der Waals surface area contributed by atoms with Gasteiger partial charge in [-0.3, -0.25) is 0 Å². The van der Waals surface area contributed by atoms with Gasteiger partial charge in [-0.2, -0.15) is 0 Å². The van der Waals surface area contributed by atoms with Gasteiger partial charge in [-0.15, -0.1) is 19.7 Å². The third kappa shape index (κ3) is 6.71. The van der Waals surface area contributed by atoms with E-state index in [1.54, 1.807) is 12.2 Å². The van der Waals surface area contributed by atoms with Crippen LogP contribution in [0.5, 0.6) is 0 Å². The molecule has 0 aromatic heterocycles. The van der Waals surface area contributed by atoms with Crippen LogP contribution in [0.2, 0.25) is 12.1 Å². The van der Waals surface area contributed by atoms with Gasteiger partial charge in [0.2, 0.25) is 0 Å². The molecule has 0 aliphatic rings. The number of allylic oxidation sites excluding steroid dienone is 4. The van der Waals surface area contributed by atoms with E-state index in [1.165, 1.54) is 6.42 Å². The number of hydrogen-bond acceptors (Lipinski definition) is 1. The van der Waals surface area contributed by atoms with Gasteiger partial charge >= 0.3 is 5.97 Å². The minimum absolute atomic E-state index is 0.641. The first-order valence-corrected chi connectivity index (χ1v) is 9.61. The molecule has 1 atom stereocenters. The van der Waals surface area contributed by atoms with Crippen molar-refractivity contribution < 1.29 is 9.90 Å². The number of unbranched alkanes of at least 4 members (excludes halogenated alkanes) is 2. The van der Waals surface area contributed by atoms with Crippen LogP contribution in [0, 0.1) is 0 Å². The standard InChI is InChI=1S/C17H28O2Si/c1-5-9-10-14-20(13-8-4)16(17(18)19)15(11-6-2)12-7-3/h6-8,20H,2-5,9-14H2,1H3,(H,18,19). The van der Waals surface area contributed by atoms with Gasteiger partial charge in [0, 0.05) is 5.20 Å². The van der Waals surface area contributed by atoms with Crippen molar-refractivity contribution in [2.75, 3.05) is 0 Å². The molecular weight excluding hydrogens is 264 g/mol. The summed E-state index contributed by atoms with van der Waals surface area (Å²) in [6.07, 6.45) is 10.2. The molecule has 0 rings (SSSR count). The Morgan fingerprint density at radius 1 is 1.10 bits per heavy atom. The van der Waals surface area contributed by atoms with Crippen LogP contribution in [-0.4, -0.2) is 19.9 Å². The van der Waals surface area contributed by atoms with Crippen molar-refractivity contribution in [3.63, 3.8) is 0 Å². The van der Waals surface area contributed by atoms with Gasteiger partial charge in [0.1, 0.15) is 0 Å². The summed E-state index contributed by atoms with van der Waals surface area (Å²) in [5.41, 5.74) is 0.984. The van der Waals surface area contributed by atoms with Gasteiger partial charge < -0.3 is 5.11 Å². The minimum atomic E-state index is -1.49. The molecule has 0 aliphatic carbocycles. The monoisotopic (exact) mass is 292 g/mol. The highest BCUT2D eigenvalue weighted by Gasteiger charge is 2.23. The molecule has 0 heterocycles. The highest BCUT2D eigenvalue weighted by atomic mass is 28.3. The van der Waals surface area contributed by atoms with E-state index in [-0.39, 0.29) is 0 Å². The largest absolute Gasteiger partial charge is 0.478 e. The highest BCUT2D eigenvalue weighted by Crippen LogP contribution is 2.23. The zero-order valence-electron chi connectivity index (χ0n) is 12.7. The number of rotatable bonds is 12. The summed E-state index contributed by atoms with van der Waals surface area (Å²) in [5, 5.41) is 10.3. The average molecular weight is 292 g/mol. The lowest BCUT2D eigenvalue weighted by Gasteiger charge is -2.18. The van der Waals surface area contributed by atoms with Crippen molar-refractivity contribution in [3.8, 4) is 0 Å². The predicted octanol–water partition coefficient (Wildman–Crippen LogP) is 4.66. The SMILES string of the molecule is C=CCC(CC=C)=C(C(=O)O)[SiH](CC=C)CCCCC. The highest BCUT2D eigenvalue weighted by molar-refractivity contribution is 6.72. The van der Waals surface area contributed by atoms with Gasteiger partial charge in [-0.05, 0) is 18.9 Å². The van der Waals surface area contributed by atoms with Crippen molar-refractivity contribution >= 4 is 14.8 Å². The number of aliphatic carboxylic acids is 1. The summed E-state index contributed by atoms with van der Waals surface area (Å²) in [5.74, 6) is -0.751. The topological polar surface area (TPSA) is 37.3 Å². The Labute approximate surface area is 125 Å². The van der Waals surface area contributed by atoms with E-state index in [0.29, 0.717) is 18.0 Å². The first kappa shape index (κ1) is 18.6. The van der Waals surface area contributed by atoms with Crippen LogP contribution in [0.1, 0.15) is 39.0 Å². The van der Waals surface area contributed by atoms with Crippen LogP contribution >= 0.6 is 0 Å². The summed E-state index contributed by atoms with van der Waals surface area (Å²) in [6, 6.07) is 1.89. The molecule has 0 aliphatic heterocycles. The summed E-state index contributed by atoms with van der Waals surface area (Å²) >= 11 is 0. The van der Waals surface area contributed by atoms with Gasteiger partial charge in [-0.25, -0.2) is 4.79 Å². The zero-order valence-corrected chi connectivity index (χ0v) is 13.9. The van der Waals surface area contributed by atoms with E-state index in [9.17, 15) is 9.90 Å². The van der Waals surface area contributed by atoms with E-state index >= 15 is 0 Å². The second-order valence-corrected chi connectivity index (χ2v) is 8.05. The van der Waals surface area contributed by atoms with Gasteiger partial charge in [0.25, 0.3) is 0 Å². The summed E-state index contributed by atoms with van der Waals surface area (Å²) in [7, 11) is -1.49. The summed E-state index contributed by atoms with van der Waals surface area (Å²) in [6.45, 7) is 13.4. The summed E-state index contributed by atoms with van der Waals surface area (Å²) in [4.78, 5) is 11.7. The predicted molar refractivity (Wildman–Crippen MR) is 90.8 cm³/mol. The third-order valence-electron chi connectivity index (χ3n) is 3.41. The lowest BCUT2D eigenvalue weighted by molar-refractivity contribution is -0.132. The molecule has 0 aromatic rings. The molecule has 0 spiro atoms. The number of hydrogen-bond donors (Lipinski definition) is 1. The van der Waals surface area contributed by atoms with Crippen LogP contribution in [-0.2, 0) is 4.79 Å². The summed E-state index contributed by atoms with van der Waals surface area (Å²) < 4.78 is 0. The minimum Gasteiger partial charge on any atom is -0.478 e. The first-order chi connectivity index (χ1) is 9.62. The number of carbonyl (C=O) groups is 1. The number of carboxylic acids is 1. The average Bonchev–Trinajstić information content (AvgIpc) is 2.39. The van der Waals surface area contributed by atoms with E-state index in [0.717, 1.165) is 30.5 Å². The van der Waals surface area contributed by atoms with Crippen molar-refractivity contribution in [1.82, 2.24) is 0 Å². The van der Waals surface area contributed by atoms with Crippen molar-refractivity contribution in [1.29, 1.82) is 0 Å². The first-order valence-electron chi connectivity index (χ1n) is 7.40. The molecule has 1 N–H and O–H groups in total. The van der Waals surface area contributed by atoms with Gasteiger partial charge in [-0.1, -0.05) is 56.0 Å².